The second kappa shape index (κ2) is 4.47. The number of benzene rings is 1. The fourth-order valence-corrected chi connectivity index (χ4v) is 1.34. The minimum Gasteiger partial charge on any atom is -0.279 e. The van der Waals surface area contributed by atoms with Crippen molar-refractivity contribution in [2.45, 2.75) is 40.0 Å². The first-order chi connectivity index (χ1) is 6.95. The number of anilines is 1. The summed E-state index contributed by atoms with van der Waals surface area (Å²) in [6, 6.07) is 6.48. The Kier molecular flexibility index (Phi) is 3.51. The zero-order chi connectivity index (χ0) is 11.5. The molecule has 0 aromatic heterocycles. The summed E-state index contributed by atoms with van der Waals surface area (Å²) in [5.41, 5.74) is 6.85. The molecule has 0 amide bonds. The second-order valence-corrected chi connectivity index (χ2v) is 4.78. The topological polar surface area (TPSA) is 24.4 Å². The van der Waals surface area contributed by atoms with E-state index in [1.165, 1.54) is 11.1 Å². The molecule has 1 rings (SSSR count). The third kappa shape index (κ3) is 3.08. The fourth-order valence-electron chi connectivity index (χ4n) is 1.34. The van der Waals surface area contributed by atoms with Gasteiger partial charge in [0.1, 0.15) is 0 Å². The van der Waals surface area contributed by atoms with Crippen LogP contribution >= 0.6 is 0 Å². The first-order valence-corrected chi connectivity index (χ1v) is 5.30. The van der Waals surface area contributed by atoms with E-state index < -0.39 is 0 Å². The molecule has 2 nitrogen and oxygen atoms in total. The quantitative estimate of drug-likeness (QED) is 0.576. The molecule has 2 heteroatoms. The molecule has 0 aliphatic rings. The van der Waals surface area contributed by atoms with Crippen LogP contribution in [-0.2, 0) is 5.41 Å². The molecular weight excluding hydrogens is 184 g/mol. The van der Waals surface area contributed by atoms with E-state index in [0.717, 1.165) is 5.69 Å². The van der Waals surface area contributed by atoms with E-state index in [1.807, 2.05) is 6.92 Å². The Bertz CT molecular complexity index is 359. The van der Waals surface area contributed by atoms with Crippen molar-refractivity contribution < 1.29 is 0 Å². The Morgan fingerprint density at radius 2 is 1.93 bits per heavy atom. The highest BCUT2D eigenvalue weighted by atomic mass is 15.3. The molecule has 0 heterocycles. The van der Waals surface area contributed by atoms with Crippen LogP contribution in [0.5, 0.6) is 0 Å². The predicted octanol–water partition coefficient (Wildman–Crippen LogP) is 3.71. The standard InChI is InChI=1S/C13H20N2/c1-6-14-15-12-9-11(13(3,4)5)8-7-10(12)2/h6-9,15H,1-5H3/b14-6-. The molecule has 0 radical (unpaired) electrons. The summed E-state index contributed by atoms with van der Waals surface area (Å²) in [5.74, 6) is 0. The van der Waals surface area contributed by atoms with Gasteiger partial charge in [0.05, 0.1) is 5.69 Å². The van der Waals surface area contributed by atoms with Gasteiger partial charge in [-0.2, -0.15) is 5.10 Å². The normalized spacial score (nSPS) is 12.1. The highest BCUT2D eigenvalue weighted by Crippen LogP contribution is 2.26. The number of rotatable bonds is 2. The average molecular weight is 204 g/mol. The van der Waals surface area contributed by atoms with Gasteiger partial charge >= 0.3 is 0 Å². The van der Waals surface area contributed by atoms with Crippen LogP contribution < -0.4 is 5.43 Å². The Hall–Kier alpha value is -1.31. The van der Waals surface area contributed by atoms with Crippen molar-refractivity contribution in [1.29, 1.82) is 0 Å². The molecule has 0 spiro atoms. The number of hydrogen-bond donors (Lipinski definition) is 1. The van der Waals surface area contributed by atoms with E-state index in [1.54, 1.807) is 6.21 Å². The number of hydrazone groups is 1. The van der Waals surface area contributed by atoms with Gasteiger partial charge in [-0.15, -0.1) is 0 Å². The zero-order valence-electron chi connectivity index (χ0n) is 10.3. The molecule has 0 aliphatic heterocycles. The number of hydrogen-bond acceptors (Lipinski definition) is 2. The SMILES string of the molecule is C/C=N\Nc1cc(C(C)(C)C)ccc1C. The molecule has 0 saturated carbocycles. The predicted molar refractivity (Wildman–Crippen MR) is 67.7 cm³/mol. The Labute approximate surface area is 92.4 Å². The van der Waals surface area contributed by atoms with Crippen molar-refractivity contribution in [3.8, 4) is 0 Å². The zero-order valence-corrected chi connectivity index (χ0v) is 10.3. The Morgan fingerprint density at radius 1 is 1.27 bits per heavy atom. The van der Waals surface area contributed by atoms with E-state index in [9.17, 15) is 0 Å². The first-order valence-electron chi connectivity index (χ1n) is 5.30. The minimum absolute atomic E-state index is 0.181. The molecule has 0 atom stereocenters. The highest BCUT2D eigenvalue weighted by molar-refractivity contribution is 5.59. The maximum absolute atomic E-state index is 4.05. The van der Waals surface area contributed by atoms with Crippen LogP contribution in [0, 0.1) is 6.92 Å². The summed E-state index contributed by atoms with van der Waals surface area (Å²) in [5, 5.41) is 4.05. The molecule has 15 heavy (non-hydrogen) atoms. The van der Waals surface area contributed by atoms with Gasteiger partial charge in [-0.3, -0.25) is 5.43 Å². The van der Waals surface area contributed by atoms with Crippen LogP contribution in [0.25, 0.3) is 0 Å². The minimum atomic E-state index is 0.181. The third-order valence-electron chi connectivity index (χ3n) is 2.42. The summed E-state index contributed by atoms with van der Waals surface area (Å²) in [7, 11) is 0. The highest BCUT2D eigenvalue weighted by Gasteiger charge is 2.14. The molecule has 0 saturated heterocycles. The van der Waals surface area contributed by atoms with Gasteiger partial charge in [-0.05, 0) is 36.5 Å². The number of aryl methyl sites for hydroxylation is 1. The maximum Gasteiger partial charge on any atom is 0.0593 e. The first kappa shape index (κ1) is 11.8. The summed E-state index contributed by atoms with van der Waals surface area (Å²) in [4.78, 5) is 0. The van der Waals surface area contributed by atoms with E-state index in [0.29, 0.717) is 0 Å². The van der Waals surface area contributed by atoms with Crippen molar-refractivity contribution >= 4 is 11.9 Å². The molecule has 0 unspecified atom stereocenters. The lowest BCUT2D eigenvalue weighted by molar-refractivity contribution is 0.590. The van der Waals surface area contributed by atoms with Crippen molar-refractivity contribution in [3.63, 3.8) is 0 Å². The average Bonchev–Trinajstić information content (AvgIpc) is 2.15. The lowest BCUT2D eigenvalue weighted by atomic mass is 9.86. The molecule has 0 aliphatic carbocycles. The fraction of sp³-hybridized carbons (Fsp3) is 0.462. The van der Waals surface area contributed by atoms with Crippen molar-refractivity contribution in [2.75, 3.05) is 5.43 Å². The molecule has 1 N–H and O–H groups in total. The lowest BCUT2D eigenvalue weighted by Crippen LogP contribution is -2.11. The van der Waals surface area contributed by atoms with Crippen LogP contribution in [0.15, 0.2) is 23.3 Å². The molecule has 1 aromatic carbocycles. The van der Waals surface area contributed by atoms with Crippen LogP contribution in [-0.4, -0.2) is 6.21 Å². The van der Waals surface area contributed by atoms with E-state index in [-0.39, 0.29) is 5.41 Å². The monoisotopic (exact) mass is 204 g/mol. The van der Waals surface area contributed by atoms with E-state index >= 15 is 0 Å². The van der Waals surface area contributed by atoms with Gasteiger partial charge in [0.15, 0.2) is 0 Å². The van der Waals surface area contributed by atoms with Gasteiger partial charge in [0.2, 0.25) is 0 Å². The van der Waals surface area contributed by atoms with Crippen LogP contribution in [0.1, 0.15) is 38.8 Å². The molecule has 82 valence electrons. The summed E-state index contributed by atoms with van der Waals surface area (Å²) in [6.07, 6.45) is 1.75. The molecule has 0 bridgehead atoms. The van der Waals surface area contributed by atoms with Crippen molar-refractivity contribution in [2.24, 2.45) is 5.10 Å². The van der Waals surface area contributed by atoms with Crippen LogP contribution in [0.3, 0.4) is 0 Å². The second-order valence-electron chi connectivity index (χ2n) is 4.78. The smallest absolute Gasteiger partial charge is 0.0593 e. The number of nitrogens with one attached hydrogen (secondary N) is 1. The van der Waals surface area contributed by atoms with Gasteiger partial charge in [0, 0.05) is 6.21 Å². The van der Waals surface area contributed by atoms with Gasteiger partial charge < -0.3 is 0 Å². The lowest BCUT2D eigenvalue weighted by Gasteiger charge is -2.20. The van der Waals surface area contributed by atoms with Crippen LogP contribution in [0.4, 0.5) is 5.69 Å². The van der Waals surface area contributed by atoms with Gasteiger partial charge in [-0.25, -0.2) is 0 Å². The van der Waals surface area contributed by atoms with Crippen molar-refractivity contribution in [1.82, 2.24) is 0 Å². The van der Waals surface area contributed by atoms with E-state index in [2.05, 4.69) is 56.4 Å². The number of nitrogens with zero attached hydrogens (tertiary/aromatic N) is 1. The summed E-state index contributed by atoms with van der Waals surface area (Å²) >= 11 is 0. The largest absolute Gasteiger partial charge is 0.279 e. The summed E-state index contributed by atoms with van der Waals surface area (Å²) < 4.78 is 0. The van der Waals surface area contributed by atoms with Crippen LogP contribution in [0.2, 0.25) is 0 Å². The molecule has 1 aromatic rings. The van der Waals surface area contributed by atoms with Gasteiger partial charge in [0.25, 0.3) is 0 Å². The van der Waals surface area contributed by atoms with Gasteiger partial charge in [-0.1, -0.05) is 32.9 Å². The molecular formula is C13H20N2. The third-order valence-corrected chi connectivity index (χ3v) is 2.42. The molecule has 0 fully saturated rings. The summed E-state index contributed by atoms with van der Waals surface area (Å²) in [6.45, 7) is 10.6. The maximum atomic E-state index is 4.05. The van der Waals surface area contributed by atoms with E-state index in [4.69, 9.17) is 0 Å². The van der Waals surface area contributed by atoms with Crippen molar-refractivity contribution in [3.05, 3.63) is 29.3 Å². The Balaban J connectivity index is 3.05. The Morgan fingerprint density at radius 3 is 2.47 bits per heavy atom.